The van der Waals surface area contributed by atoms with E-state index in [0.717, 1.165) is 11.9 Å². The monoisotopic (exact) mass is 255 g/mol. The van der Waals surface area contributed by atoms with E-state index in [1.54, 1.807) is 4.90 Å². The number of likely N-dealkylation sites (N-methyl/N-ethyl adjacent to an activating group) is 1. The molecule has 0 bridgehead atoms. The van der Waals surface area contributed by atoms with Crippen LogP contribution >= 0.6 is 0 Å². The van der Waals surface area contributed by atoms with E-state index in [4.69, 9.17) is 0 Å². The van der Waals surface area contributed by atoms with Crippen molar-refractivity contribution in [3.63, 3.8) is 0 Å². The molecule has 1 aliphatic heterocycles. The van der Waals surface area contributed by atoms with Crippen LogP contribution in [0.2, 0.25) is 0 Å². The summed E-state index contributed by atoms with van der Waals surface area (Å²) in [4.78, 5) is 20.1. The zero-order valence-electron chi connectivity index (χ0n) is 11.2. The molecule has 98 valence electrons. The molecule has 1 aliphatic rings. The second-order valence-electron chi connectivity index (χ2n) is 5.12. The van der Waals surface area contributed by atoms with E-state index < -0.39 is 0 Å². The highest BCUT2D eigenvalue weighted by Gasteiger charge is 2.32. The van der Waals surface area contributed by atoms with E-state index in [-0.39, 0.29) is 11.9 Å². The van der Waals surface area contributed by atoms with Crippen LogP contribution in [0.5, 0.6) is 0 Å². The minimum absolute atomic E-state index is 0.0519. The van der Waals surface area contributed by atoms with Crippen molar-refractivity contribution in [2.75, 3.05) is 13.7 Å². The normalized spacial score (nSPS) is 20.4. The first kappa shape index (κ1) is 12.1. The van der Waals surface area contributed by atoms with E-state index in [9.17, 15) is 4.79 Å². The molecule has 19 heavy (non-hydrogen) atoms. The third kappa shape index (κ3) is 2.08. The molecule has 2 heterocycles. The number of carbonyl (C=O) groups excluding carboxylic acids is 1. The Bertz CT molecular complexity index is 620. The summed E-state index contributed by atoms with van der Waals surface area (Å²) in [5.41, 5.74) is 1.17. The number of pyridine rings is 1. The molecule has 0 spiro atoms. The third-order valence-corrected chi connectivity index (χ3v) is 3.80. The van der Waals surface area contributed by atoms with Crippen LogP contribution in [-0.2, 0) is 11.3 Å². The third-order valence-electron chi connectivity index (χ3n) is 3.80. The molecule has 1 saturated heterocycles. The molecule has 1 atom stereocenters. The second-order valence-corrected chi connectivity index (χ2v) is 5.12. The lowest BCUT2D eigenvalue weighted by Crippen LogP contribution is -2.29. The highest BCUT2D eigenvalue weighted by Crippen LogP contribution is 2.22. The Labute approximate surface area is 112 Å². The Hall–Kier alpha value is -1.94. The van der Waals surface area contributed by atoms with Crippen LogP contribution < -0.4 is 0 Å². The molecule has 0 saturated carbocycles. The molecule has 0 radical (unpaired) electrons. The van der Waals surface area contributed by atoms with Crippen molar-refractivity contribution in [2.24, 2.45) is 0 Å². The van der Waals surface area contributed by atoms with Crippen molar-refractivity contribution < 1.29 is 4.79 Å². The number of carbonyl (C=O) groups is 1. The van der Waals surface area contributed by atoms with Gasteiger partial charge in [-0.1, -0.05) is 24.3 Å². The first-order valence-corrected chi connectivity index (χ1v) is 6.47. The smallest absolute Gasteiger partial charge is 0.240 e. The Balaban J connectivity index is 1.92. The minimum Gasteiger partial charge on any atom is -0.331 e. The predicted octanol–water partition coefficient (Wildman–Crippen LogP) is 1.85. The van der Waals surface area contributed by atoms with Crippen LogP contribution in [0.15, 0.2) is 36.7 Å². The fourth-order valence-electron chi connectivity index (χ4n) is 2.65. The Morgan fingerprint density at radius 2 is 2.11 bits per heavy atom. The lowest BCUT2D eigenvalue weighted by atomic mass is 10.1. The van der Waals surface area contributed by atoms with E-state index in [2.05, 4.69) is 22.0 Å². The summed E-state index contributed by atoms with van der Waals surface area (Å²) in [5.74, 6) is 0.188. The van der Waals surface area contributed by atoms with E-state index in [0.29, 0.717) is 6.67 Å². The van der Waals surface area contributed by atoms with Crippen molar-refractivity contribution in [3.05, 3.63) is 42.2 Å². The van der Waals surface area contributed by atoms with Crippen molar-refractivity contribution in [1.82, 2.24) is 14.8 Å². The molecule has 4 heteroatoms. The number of amides is 1. The summed E-state index contributed by atoms with van der Waals surface area (Å²) < 4.78 is 0. The van der Waals surface area contributed by atoms with Gasteiger partial charge in [0.05, 0.1) is 12.7 Å². The standard InChI is InChI=1S/C15H17N3O/c1-11-15(19)17(2)10-18(11)9-13-8-16-7-12-5-3-4-6-14(12)13/h3-8,11H,9-10H2,1-2H3. The Morgan fingerprint density at radius 3 is 2.84 bits per heavy atom. The van der Waals surface area contributed by atoms with Gasteiger partial charge in [-0.05, 0) is 17.9 Å². The molecular weight excluding hydrogens is 238 g/mol. The first-order valence-electron chi connectivity index (χ1n) is 6.47. The van der Waals surface area contributed by atoms with E-state index >= 15 is 0 Å². The number of benzene rings is 1. The van der Waals surface area contributed by atoms with Crippen LogP contribution in [0.1, 0.15) is 12.5 Å². The zero-order valence-corrected chi connectivity index (χ0v) is 11.2. The average Bonchev–Trinajstić information content (AvgIpc) is 2.67. The number of aromatic nitrogens is 1. The number of rotatable bonds is 2. The van der Waals surface area contributed by atoms with Gasteiger partial charge < -0.3 is 4.90 Å². The number of hydrogen-bond acceptors (Lipinski definition) is 3. The maximum absolute atomic E-state index is 11.8. The van der Waals surface area contributed by atoms with Gasteiger partial charge in [0, 0.05) is 31.4 Å². The molecule has 0 N–H and O–H groups in total. The van der Waals surface area contributed by atoms with Crippen LogP contribution in [-0.4, -0.2) is 40.4 Å². The SMILES string of the molecule is CC1C(=O)N(C)CN1Cc1cncc2ccccc12. The Kier molecular flexibility index (Phi) is 2.95. The van der Waals surface area contributed by atoms with Gasteiger partial charge >= 0.3 is 0 Å². The van der Waals surface area contributed by atoms with Crippen molar-refractivity contribution in [2.45, 2.75) is 19.5 Å². The van der Waals surface area contributed by atoms with Crippen LogP contribution in [0, 0.1) is 0 Å². The molecular formula is C15H17N3O. The Morgan fingerprint density at radius 1 is 1.32 bits per heavy atom. The molecule has 1 unspecified atom stereocenters. The lowest BCUT2D eigenvalue weighted by molar-refractivity contribution is -0.127. The molecule has 1 aromatic heterocycles. The van der Waals surface area contributed by atoms with E-state index in [1.807, 2.05) is 38.5 Å². The minimum atomic E-state index is -0.0519. The average molecular weight is 255 g/mol. The molecule has 1 fully saturated rings. The van der Waals surface area contributed by atoms with Gasteiger partial charge in [0.1, 0.15) is 0 Å². The van der Waals surface area contributed by atoms with Crippen molar-refractivity contribution in [1.29, 1.82) is 0 Å². The first-order chi connectivity index (χ1) is 9.16. The highest BCUT2D eigenvalue weighted by molar-refractivity contribution is 5.85. The van der Waals surface area contributed by atoms with Crippen LogP contribution in [0.4, 0.5) is 0 Å². The fraction of sp³-hybridized carbons (Fsp3) is 0.333. The second kappa shape index (κ2) is 4.63. The molecule has 2 aromatic rings. The maximum Gasteiger partial charge on any atom is 0.240 e. The summed E-state index contributed by atoms with van der Waals surface area (Å²) in [6.07, 6.45) is 3.78. The summed E-state index contributed by atoms with van der Waals surface area (Å²) in [6, 6.07) is 8.18. The molecule has 1 aromatic carbocycles. The highest BCUT2D eigenvalue weighted by atomic mass is 16.2. The van der Waals surface area contributed by atoms with Gasteiger partial charge in [-0.25, -0.2) is 0 Å². The van der Waals surface area contributed by atoms with Gasteiger partial charge in [-0.15, -0.1) is 0 Å². The van der Waals surface area contributed by atoms with Gasteiger partial charge in [-0.3, -0.25) is 14.7 Å². The van der Waals surface area contributed by atoms with Gasteiger partial charge in [0.25, 0.3) is 0 Å². The number of fused-ring (bicyclic) bond motifs is 1. The van der Waals surface area contributed by atoms with Crippen LogP contribution in [0.3, 0.4) is 0 Å². The van der Waals surface area contributed by atoms with Gasteiger partial charge in [0.2, 0.25) is 5.91 Å². The number of nitrogens with zero attached hydrogens (tertiary/aromatic N) is 3. The topological polar surface area (TPSA) is 36.4 Å². The summed E-state index contributed by atoms with van der Waals surface area (Å²) in [5, 5.41) is 2.36. The van der Waals surface area contributed by atoms with Crippen molar-refractivity contribution >= 4 is 16.7 Å². The lowest BCUT2D eigenvalue weighted by Gasteiger charge is -2.19. The van der Waals surface area contributed by atoms with E-state index in [1.165, 1.54) is 10.9 Å². The molecule has 1 amide bonds. The zero-order chi connectivity index (χ0) is 13.4. The van der Waals surface area contributed by atoms with Gasteiger partial charge in [-0.2, -0.15) is 0 Å². The summed E-state index contributed by atoms with van der Waals surface area (Å²) in [7, 11) is 1.85. The molecule has 0 aliphatic carbocycles. The van der Waals surface area contributed by atoms with Crippen LogP contribution in [0.25, 0.3) is 10.8 Å². The summed E-state index contributed by atoms with van der Waals surface area (Å²) in [6.45, 7) is 3.40. The molecule has 4 nitrogen and oxygen atoms in total. The van der Waals surface area contributed by atoms with Crippen molar-refractivity contribution in [3.8, 4) is 0 Å². The molecule has 3 rings (SSSR count). The summed E-state index contributed by atoms with van der Waals surface area (Å²) >= 11 is 0. The maximum atomic E-state index is 11.8. The quantitative estimate of drug-likeness (QED) is 0.821. The largest absolute Gasteiger partial charge is 0.331 e. The predicted molar refractivity (Wildman–Crippen MR) is 74.4 cm³/mol. The number of hydrogen-bond donors (Lipinski definition) is 0. The van der Waals surface area contributed by atoms with Gasteiger partial charge in [0.15, 0.2) is 0 Å². The fourth-order valence-corrected chi connectivity index (χ4v) is 2.65.